The second-order valence-corrected chi connectivity index (χ2v) is 15.8. The number of halogens is 2. The number of hydrogen-bond acceptors (Lipinski definition) is 8. The van der Waals surface area contributed by atoms with E-state index in [1.165, 1.54) is 17.7 Å². The van der Waals surface area contributed by atoms with Crippen LogP contribution in [0.3, 0.4) is 0 Å². The van der Waals surface area contributed by atoms with Crippen LogP contribution >= 0.6 is 0 Å². The first-order valence-corrected chi connectivity index (χ1v) is 20.0. The lowest BCUT2D eigenvalue weighted by Gasteiger charge is -2.43. The Morgan fingerprint density at radius 3 is 2.52 bits per heavy atom. The molecule has 2 aromatic carbocycles. The van der Waals surface area contributed by atoms with Gasteiger partial charge in [0, 0.05) is 105 Å². The predicted molar refractivity (Wildman–Crippen MR) is 228 cm³/mol. The Hall–Kier alpha value is -5.03. The molecule has 11 heteroatoms. The first-order chi connectivity index (χ1) is 27.0. The largest absolute Gasteiger partial charge is 0.404 e. The van der Waals surface area contributed by atoms with Crippen LogP contribution in [0.25, 0.3) is 16.6 Å². The molecule has 298 valence electrons. The number of aryl methyl sites for hydroxylation is 2. The molecule has 2 fully saturated rings. The standard InChI is InChI=1S/C45H59F2N9/c1-8-50-45-52-42-14-13-35(28-53-17-18-55(33(5)27-53)34(6)36-15-16-54(29-36)39-23-37(46)22-38(47)24-39)21-44(42)56(45)26-30(2)11-9-10-12-41(49-7)40(25-48)43-20-31(3)19-32(4)51-43/h8,13-14,19-25,30,33,36H,1,6,9-12,15-18,26-29,48H2,2-5,7H3,(H,50,52)/t30-,33+,36?/m1/s1. The number of aliphatic imine (C=N–C) groups is 1. The average molecular weight is 764 g/mol. The fourth-order valence-electron chi connectivity index (χ4n) is 8.60. The Kier molecular flexibility index (Phi) is 13.3. The summed E-state index contributed by atoms with van der Waals surface area (Å²) in [6, 6.07) is 14.8. The van der Waals surface area contributed by atoms with Crippen molar-refractivity contribution in [2.24, 2.45) is 22.6 Å². The zero-order chi connectivity index (χ0) is 39.9. The molecule has 4 heterocycles. The van der Waals surface area contributed by atoms with Gasteiger partial charge in [0.1, 0.15) is 11.6 Å². The molecule has 2 aliphatic heterocycles. The number of imidazole rings is 1. The van der Waals surface area contributed by atoms with Crippen molar-refractivity contribution in [2.75, 3.05) is 50.0 Å². The molecule has 0 aliphatic carbocycles. The van der Waals surface area contributed by atoms with Crippen LogP contribution in [0.15, 0.2) is 84.8 Å². The highest BCUT2D eigenvalue weighted by atomic mass is 19.1. The third-order valence-corrected chi connectivity index (χ3v) is 11.4. The van der Waals surface area contributed by atoms with Crippen LogP contribution in [-0.2, 0) is 13.1 Å². The number of nitrogens with two attached hydrogens (primary N) is 1. The van der Waals surface area contributed by atoms with Crippen molar-refractivity contribution >= 4 is 34.0 Å². The summed E-state index contributed by atoms with van der Waals surface area (Å²) >= 11 is 0. The van der Waals surface area contributed by atoms with Crippen molar-refractivity contribution < 1.29 is 8.78 Å². The van der Waals surface area contributed by atoms with Crippen molar-refractivity contribution in [1.82, 2.24) is 24.3 Å². The van der Waals surface area contributed by atoms with Gasteiger partial charge in [0.25, 0.3) is 0 Å². The van der Waals surface area contributed by atoms with Gasteiger partial charge in [-0.3, -0.25) is 14.9 Å². The number of nitrogens with zero attached hydrogens (tertiary/aromatic N) is 7. The molecule has 3 N–H and O–H groups in total. The second-order valence-electron chi connectivity index (χ2n) is 15.8. The van der Waals surface area contributed by atoms with Gasteiger partial charge in [0.05, 0.1) is 16.7 Å². The lowest BCUT2D eigenvalue weighted by molar-refractivity contribution is 0.0974. The van der Waals surface area contributed by atoms with E-state index in [0.29, 0.717) is 17.6 Å². The highest BCUT2D eigenvalue weighted by Gasteiger charge is 2.32. The van der Waals surface area contributed by atoms with Crippen LogP contribution in [0.1, 0.15) is 68.5 Å². The van der Waals surface area contributed by atoms with Gasteiger partial charge in [0.2, 0.25) is 5.95 Å². The van der Waals surface area contributed by atoms with E-state index in [2.05, 4.69) is 93.8 Å². The van der Waals surface area contributed by atoms with Crippen LogP contribution in [0.4, 0.5) is 20.4 Å². The Balaban J connectivity index is 1.03. The molecule has 56 heavy (non-hydrogen) atoms. The molecular weight excluding hydrogens is 705 g/mol. The maximum atomic E-state index is 13.9. The summed E-state index contributed by atoms with van der Waals surface area (Å²) in [4.78, 5) is 21.3. The molecule has 3 atom stereocenters. The quantitative estimate of drug-likeness (QED) is 0.0872. The Labute approximate surface area is 331 Å². The van der Waals surface area contributed by atoms with Crippen LogP contribution in [0.5, 0.6) is 0 Å². The van der Waals surface area contributed by atoms with E-state index in [1.807, 2.05) is 14.0 Å². The van der Waals surface area contributed by atoms with E-state index in [-0.39, 0.29) is 5.92 Å². The number of unbranched alkanes of at least 4 members (excludes halogenated alkanes) is 1. The molecule has 4 aromatic rings. The normalized spacial score (nSPS) is 18.8. The van der Waals surface area contributed by atoms with Gasteiger partial charge in [0.15, 0.2) is 0 Å². The fourth-order valence-corrected chi connectivity index (χ4v) is 8.60. The first-order valence-electron chi connectivity index (χ1n) is 20.0. The van der Waals surface area contributed by atoms with E-state index < -0.39 is 11.6 Å². The molecule has 2 saturated heterocycles. The lowest BCUT2D eigenvalue weighted by Crippen LogP contribution is -2.51. The summed E-state index contributed by atoms with van der Waals surface area (Å²) in [5, 5.41) is 3.28. The van der Waals surface area contributed by atoms with E-state index in [1.54, 1.807) is 12.4 Å². The number of allylic oxidation sites excluding steroid dienone is 1. The van der Waals surface area contributed by atoms with Crippen molar-refractivity contribution in [1.29, 1.82) is 0 Å². The minimum absolute atomic E-state index is 0.258. The molecular formula is C45H59F2N9. The smallest absolute Gasteiger partial charge is 0.207 e. The molecule has 0 saturated carbocycles. The summed E-state index contributed by atoms with van der Waals surface area (Å²) in [5.41, 5.74) is 16.1. The number of anilines is 2. The summed E-state index contributed by atoms with van der Waals surface area (Å²) < 4.78 is 30.1. The summed E-state index contributed by atoms with van der Waals surface area (Å²) in [6.45, 7) is 23.0. The molecule has 2 aliphatic rings. The molecule has 9 nitrogen and oxygen atoms in total. The zero-order valence-corrected chi connectivity index (χ0v) is 33.9. The van der Waals surface area contributed by atoms with E-state index in [0.717, 1.165) is 135 Å². The van der Waals surface area contributed by atoms with Gasteiger partial charge >= 0.3 is 0 Å². The minimum atomic E-state index is -0.541. The van der Waals surface area contributed by atoms with Crippen molar-refractivity contribution in [2.45, 2.75) is 78.9 Å². The topological polar surface area (TPSA) is 90.8 Å². The Bertz CT molecular complexity index is 2040. The third kappa shape index (κ3) is 9.67. The van der Waals surface area contributed by atoms with E-state index in [4.69, 9.17) is 15.7 Å². The Morgan fingerprint density at radius 2 is 1.82 bits per heavy atom. The zero-order valence-electron chi connectivity index (χ0n) is 33.9. The van der Waals surface area contributed by atoms with Gasteiger partial charge in [-0.2, -0.15) is 0 Å². The number of pyridine rings is 1. The summed E-state index contributed by atoms with van der Waals surface area (Å²) in [6.07, 6.45) is 8.27. The van der Waals surface area contributed by atoms with Crippen molar-refractivity contribution in [3.05, 3.63) is 114 Å². The van der Waals surface area contributed by atoms with Crippen LogP contribution in [0, 0.1) is 37.3 Å². The molecule has 6 rings (SSSR count). The van der Waals surface area contributed by atoms with Gasteiger partial charge in [-0.05, 0) is 106 Å². The SMILES string of the molecule is C=CNc1nc2ccc(CN3CCN(C(=C)C4CCN(c5cc(F)cc(F)c5)C4)[C@@H](C)C3)cc2n1C[C@H](C)CCCCC(=NC)C(=CN)c1cc(C)cc(C)n1. The van der Waals surface area contributed by atoms with Gasteiger partial charge in [-0.25, -0.2) is 13.8 Å². The molecule has 0 radical (unpaired) electrons. The highest BCUT2D eigenvalue weighted by molar-refractivity contribution is 6.23. The summed E-state index contributed by atoms with van der Waals surface area (Å²) in [5.74, 6) is 0.417. The number of fused-ring (bicyclic) bond motifs is 1. The first kappa shape index (κ1) is 40.6. The number of benzene rings is 2. The summed E-state index contributed by atoms with van der Waals surface area (Å²) in [7, 11) is 1.84. The Morgan fingerprint density at radius 1 is 1.04 bits per heavy atom. The fraction of sp³-hybridized carbons (Fsp3) is 0.444. The van der Waals surface area contributed by atoms with E-state index in [9.17, 15) is 8.78 Å². The van der Waals surface area contributed by atoms with Gasteiger partial charge < -0.3 is 25.4 Å². The molecule has 0 amide bonds. The van der Waals surface area contributed by atoms with Gasteiger partial charge in [-0.1, -0.05) is 32.6 Å². The number of piperazine rings is 1. The maximum Gasteiger partial charge on any atom is 0.207 e. The lowest BCUT2D eigenvalue weighted by atomic mass is 9.97. The van der Waals surface area contributed by atoms with Gasteiger partial charge in [-0.15, -0.1) is 0 Å². The van der Waals surface area contributed by atoms with Crippen molar-refractivity contribution in [3.63, 3.8) is 0 Å². The third-order valence-electron chi connectivity index (χ3n) is 11.4. The maximum absolute atomic E-state index is 13.9. The molecule has 0 spiro atoms. The number of nitrogens with one attached hydrogen (secondary N) is 1. The highest BCUT2D eigenvalue weighted by Crippen LogP contribution is 2.32. The second kappa shape index (κ2) is 18.3. The monoisotopic (exact) mass is 763 g/mol. The van der Waals surface area contributed by atoms with Crippen LogP contribution in [-0.4, -0.2) is 75.9 Å². The number of rotatable bonds is 16. The number of hydrogen-bond donors (Lipinski definition) is 2. The minimum Gasteiger partial charge on any atom is -0.404 e. The average Bonchev–Trinajstić information content (AvgIpc) is 3.78. The predicted octanol–water partition coefficient (Wildman–Crippen LogP) is 8.70. The molecule has 1 unspecified atom stereocenters. The van der Waals surface area contributed by atoms with E-state index >= 15 is 0 Å². The van der Waals surface area contributed by atoms with Crippen LogP contribution in [0.2, 0.25) is 0 Å². The van der Waals surface area contributed by atoms with Crippen molar-refractivity contribution in [3.8, 4) is 0 Å². The molecule has 0 bridgehead atoms. The number of aromatic nitrogens is 3. The van der Waals surface area contributed by atoms with Crippen LogP contribution < -0.4 is 16.0 Å². The molecule has 2 aromatic heterocycles.